The second kappa shape index (κ2) is 7.39. The Hall–Kier alpha value is -0.220. The van der Waals surface area contributed by atoms with Gasteiger partial charge >= 0.3 is 0 Å². The minimum Gasteiger partial charge on any atom is -0.495 e. The van der Waals surface area contributed by atoms with Crippen molar-refractivity contribution in [2.24, 2.45) is 5.92 Å². The fraction of sp³-hybridized carbons (Fsp3) is 0.571. The fourth-order valence-electron chi connectivity index (χ4n) is 1.72. The molecule has 0 aromatic heterocycles. The smallest absolute Gasteiger partial charge is 0.135 e. The van der Waals surface area contributed by atoms with E-state index in [0.717, 1.165) is 26.3 Å². The van der Waals surface area contributed by atoms with E-state index in [1.807, 2.05) is 12.1 Å². The molecule has 102 valence electrons. The van der Waals surface area contributed by atoms with Gasteiger partial charge in [0.05, 0.1) is 17.3 Å². The highest BCUT2D eigenvalue weighted by molar-refractivity contribution is 9.11. The first-order valence-electron chi connectivity index (χ1n) is 6.23. The van der Waals surface area contributed by atoms with Crippen LogP contribution in [0.5, 0.6) is 5.75 Å². The first kappa shape index (κ1) is 15.8. The number of halogens is 2. The zero-order valence-electron chi connectivity index (χ0n) is 11.4. The van der Waals surface area contributed by atoms with Gasteiger partial charge in [0.15, 0.2) is 0 Å². The average Bonchev–Trinajstić information content (AvgIpc) is 2.30. The molecule has 0 aliphatic heterocycles. The van der Waals surface area contributed by atoms with Crippen LogP contribution in [0.1, 0.15) is 33.6 Å². The Bertz CT molecular complexity index is 394. The Morgan fingerprint density at radius 3 is 2.33 bits per heavy atom. The van der Waals surface area contributed by atoms with Crippen LogP contribution in [0.3, 0.4) is 0 Å². The Morgan fingerprint density at radius 1 is 1.11 bits per heavy atom. The summed E-state index contributed by atoms with van der Waals surface area (Å²) in [5.74, 6) is 1.59. The van der Waals surface area contributed by atoms with Gasteiger partial charge in [-0.2, -0.15) is 0 Å². The monoisotopic (exact) mass is 377 g/mol. The molecule has 0 fully saturated rings. The molecule has 4 heteroatoms. The van der Waals surface area contributed by atoms with E-state index in [1.165, 1.54) is 12.8 Å². The van der Waals surface area contributed by atoms with E-state index in [-0.39, 0.29) is 0 Å². The van der Waals surface area contributed by atoms with E-state index >= 15 is 0 Å². The third-order valence-electron chi connectivity index (χ3n) is 2.82. The minimum atomic E-state index is 0.453. The van der Waals surface area contributed by atoms with Crippen molar-refractivity contribution < 1.29 is 4.74 Å². The second-order valence-electron chi connectivity index (χ2n) is 4.98. The van der Waals surface area contributed by atoms with Crippen molar-refractivity contribution >= 4 is 37.5 Å². The summed E-state index contributed by atoms with van der Waals surface area (Å²) in [6, 6.07) is 4.48. The number of hydrogen-bond acceptors (Lipinski definition) is 2. The average molecular weight is 379 g/mol. The molecule has 0 spiro atoms. The van der Waals surface area contributed by atoms with Gasteiger partial charge in [-0.3, -0.25) is 0 Å². The van der Waals surface area contributed by atoms with Gasteiger partial charge in [0.2, 0.25) is 0 Å². The Labute approximate surface area is 127 Å². The molecule has 0 aliphatic rings. The summed E-state index contributed by atoms with van der Waals surface area (Å²) in [7, 11) is 1.68. The number of methoxy groups -OCH3 is 1. The molecule has 0 bridgehead atoms. The Morgan fingerprint density at radius 2 is 1.78 bits per heavy atom. The molecule has 1 rings (SSSR count). The maximum absolute atomic E-state index is 5.31. The van der Waals surface area contributed by atoms with Gasteiger partial charge in [0.1, 0.15) is 5.75 Å². The molecule has 0 heterocycles. The van der Waals surface area contributed by atoms with Crippen molar-refractivity contribution in [2.45, 2.75) is 39.7 Å². The predicted octanol–water partition coefficient (Wildman–Crippen LogP) is 5.46. The molecule has 0 saturated carbocycles. The van der Waals surface area contributed by atoms with E-state index in [0.29, 0.717) is 6.04 Å². The molecule has 0 amide bonds. The molecular weight excluding hydrogens is 358 g/mol. The van der Waals surface area contributed by atoms with E-state index in [4.69, 9.17) is 4.74 Å². The highest BCUT2D eigenvalue weighted by atomic mass is 79.9. The summed E-state index contributed by atoms with van der Waals surface area (Å²) in [5, 5.41) is 3.52. The lowest BCUT2D eigenvalue weighted by molar-refractivity contribution is 0.412. The van der Waals surface area contributed by atoms with Gasteiger partial charge in [-0.25, -0.2) is 0 Å². The quantitative estimate of drug-likeness (QED) is 0.709. The molecule has 2 nitrogen and oxygen atoms in total. The van der Waals surface area contributed by atoms with Crippen LogP contribution in [0.25, 0.3) is 0 Å². The lowest BCUT2D eigenvalue weighted by atomic mass is 10.0. The second-order valence-corrected chi connectivity index (χ2v) is 6.69. The van der Waals surface area contributed by atoms with Gasteiger partial charge in [-0.1, -0.05) is 13.8 Å². The van der Waals surface area contributed by atoms with E-state index < -0.39 is 0 Å². The van der Waals surface area contributed by atoms with Crippen molar-refractivity contribution in [1.82, 2.24) is 0 Å². The number of anilines is 1. The number of nitrogens with one attached hydrogen (secondary N) is 1. The minimum absolute atomic E-state index is 0.453. The lowest BCUT2D eigenvalue weighted by Crippen LogP contribution is -2.16. The van der Waals surface area contributed by atoms with Crippen LogP contribution < -0.4 is 10.1 Å². The van der Waals surface area contributed by atoms with Crippen LogP contribution in [0.2, 0.25) is 0 Å². The molecule has 1 atom stereocenters. The van der Waals surface area contributed by atoms with Crippen LogP contribution >= 0.6 is 31.9 Å². The summed E-state index contributed by atoms with van der Waals surface area (Å²) in [6.07, 6.45) is 2.40. The molecule has 1 aromatic rings. The van der Waals surface area contributed by atoms with Crippen LogP contribution in [0, 0.1) is 5.92 Å². The summed E-state index contributed by atoms with van der Waals surface area (Å²) < 4.78 is 7.32. The van der Waals surface area contributed by atoms with Crippen molar-refractivity contribution in [2.75, 3.05) is 12.4 Å². The standard InChI is InChI=1S/C14H21Br2NO/c1-9(2)5-6-10(3)17-13-8-14(18-4)12(16)7-11(13)15/h7-10,17H,5-6H2,1-4H3. The van der Waals surface area contributed by atoms with E-state index in [1.54, 1.807) is 7.11 Å². The molecule has 18 heavy (non-hydrogen) atoms. The van der Waals surface area contributed by atoms with Crippen molar-refractivity contribution in [1.29, 1.82) is 0 Å². The van der Waals surface area contributed by atoms with Crippen molar-refractivity contribution in [3.8, 4) is 5.75 Å². The van der Waals surface area contributed by atoms with E-state index in [2.05, 4.69) is 57.9 Å². The third kappa shape index (κ3) is 4.81. The number of hydrogen-bond donors (Lipinski definition) is 1. The number of benzene rings is 1. The highest BCUT2D eigenvalue weighted by Crippen LogP contribution is 2.35. The number of ether oxygens (including phenoxy) is 1. The Balaban J connectivity index is 2.71. The van der Waals surface area contributed by atoms with E-state index in [9.17, 15) is 0 Å². The zero-order chi connectivity index (χ0) is 13.7. The lowest BCUT2D eigenvalue weighted by Gasteiger charge is -2.18. The summed E-state index contributed by atoms with van der Waals surface area (Å²) in [5.41, 5.74) is 1.08. The zero-order valence-corrected chi connectivity index (χ0v) is 14.6. The first-order valence-corrected chi connectivity index (χ1v) is 7.82. The van der Waals surface area contributed by atoms with Crippen molar-refractivity contribution in [3.05, 3.63) is 21.1 Å². The maximum atomic E-state index is 5.31. The van der Waals surface area contributed by atoms with Crippen LogP contribution in [0.15, 0.2) is 21.1 Å². The van der Waals surface area contributed by atoms with Gasteiger partial charge in [-0.05, 0) is 63.6 Å². The summed E-state index contributed by atoms with van der Waals surface area (Å²) >= 11 is 7.05. The SMILES string of the molecule is COc1cc(NC(C)CCC(C)C)c(Br)cc1Br. The fourth-order valence-corrected chi connectivity index (χ4v) is 2.99. The molecule has 1 unspecified atom stereocenters. The molecule has 1 aromatic carbocycles. The molecule has 0 aliphatic carbocycles. The molecule has 0 radical (unpaired) electrons. The molecule has 0 saturated heterocycles. The van der Waals surface area contributed by atoms with Gasteiger partial charge < -0.3 is 10.1 Å². The first-order chi connectivity index (χ1) is 8.43. The van der Waals surface area contributed by atoms with Crippen molar-refractivity contribution in [3.63, 3.8) is 0 Å². The van der Waals surface area contributed by atoms with Crippen LogP contribution in [-0.4, -0.2) is 13.2 Å². The molecular formula is C14H21Br2NO. The summed E-state index contributed by atoms with van der Waals surface area (Å²) in [6.45, 7) is 6.72. The summed E-state index contributed by atoms with van der Waals surface area (Å²) in [4.78, 5) is 0. The van der Waals surface area contributed by atoms with Crippen LogP contribution in [-0.2, 0) is 0 Å². The Kier molecular flexibility index (Phi) is 6.50. The molecule has 1 N–H and O–H groups in total. The van der Waals surface area contributed by atoms with Gasteiger partial charge in [0.25, 0.3) is 0 Å². The normalized spacial score (nSPS) is 12.6. The third-order valence-corrected chi connectivity index (χ3v) is 4.10. The maximum Gasteiger partial charge on any atom is 0.135 e. The van der Waals surface area contributed by atoms with Gasteiger partial charge in [-0.15, -0.1) is 0 Å². The highest BCUT2D eigenvalue weighted by Gasteiger charge is 2.10. The number of rotatable bonds is 6. The predicted molar refractivity (Wildman–Crippen MR) is 85.6 cm³/mol. The topological polar surface area (TPSA) is 21.3 Å². The van der Waals surface area contributed by atoms with Crippen LogP contribution in [0.4, 0.5) is 5.69 Å². The van der Waals surface area contributed by atoms with Gasteiger partial charge in [0, 0.05) is 16.6 Å². The largest absolute Gasteiger partial charge is 0.495 e.